The Bertz CT molecular complexity index is 42.2. The molecule has 0 saturated heterocycles. The molecule has 0 aromatic heterocycles. The van der Waals surface area contributed by atoms with Gasteiger partial charge in [0.2, 0.25) is 0 Å². The van der Waals surface area contributed by atoms with E-state index < -0.39 is 0 Å². The Balaban J connectivity index is 2.85. The van der Waals surface area contributed by atoms with Crippen LogP contribution >= 0.6 is 0 Å². The van der Waals surface area contributed by atoms with E-state index in [0.29, 0.717) is 6.05 Å². The van der Waals surface area contributed by atoms with Crippen molar-refractivity contribution in [2.45, 2.75) is 5.25 Å². The molecule has 0 amide bonds. The van der Waals surface area contributed by atoms with Crippen LogP contribution in [0.2, 0.25) is 5.25 Å². The molecule has 0 aliphatic carbocycles. The Morgan fingerprint density at radius 2 is 2.75 bits per heavy atom. The third kappa shape index (κ3) is 2.28. The second-order valence-corrected chi connectivity index (χ2v) is 1.17. The number of hydrogen-bond donors (Lipinski definition) is 0. The van der Waals surface area contributed by atoms with Crippen molar-refractivity contribution in [2.24, 2.45) is 0 Å². The molecule has 0 bridgehead atoms. The molecule has 0 N–H and O–H groups in total. The van der Waals surface area contributed by atoms with Crippen molar-refractivity contribution in [1.29, 1.82) is 0 Å². The van der Waals surface area contributed by atoms with Gasteiger partial charge in [-0.25, -0.2) is 0 Å². The third-order valence-corrected chi connectivity index (χ3v) is 0.650. The molecule has 0 aliphatic heterocycles. The fourth-order valence-corrected chi connectivity index (χ4v) is 0. The van der Waals surface area contributed by atoms with Crippen LogP contribution in [0.5, 0.6) is 0 Å². The molecule has 0 aromatic rings. The monoisotopic (exact) mass is 116 g/mol. The van der Waals surface area contributed by atoms with Crippen LogP contribution in [0, 0.1) is 0 Å². The van der Waals surface area contributed by atoms with Gasteiger partial charge in [-0.3, -0.25) is 0 Å². The van der Waals surface area contributed by atoms with Gasteiger partial charge in [-0.1, -0.05) is 0 Å². The molecule has 0 aliphatic rings. The van der Waals surface area contributed by atoms with E-state index in [-0.39, 0.29) is 0 Å². The molecular weight excluding hydrogens is 109 g/mol. The van der Waals surface area contributed by atoms with Crippen LogP contribution in [0.3, 0.4) is 0 Å². The molecule has 4 heavy (non-hydrogen) atoms. The van der Waals surface area contributed by atoms with Crippen LogP contribution in [0.4, 0.5) is 0 Å². The van der Waals surface area contributed by atoms with Crippen LogP contribution in [0.1, 0.15) is 1.37 Å². The number of allylic oxidation sites excluding steroid dienone is 1. The predicted octanol–water partition coefficient (Wildman–Crippen LogP) is 0.759. The van der Waals surface area contributed by atoms with E-state index in [9.17, 15) is 0 Å². The van der Waals surface area contributed by atoms with Gasteiger partial charge in [0.25, 0.3) is 0 Å². The van der Waals surface area contributed by atoms with E-state index in [1.807, 2.05) is 16.5 Å². The average molecular weight is 115 g/mol. The minimum atomic E-state index is 0.505. The summed E-state index contributed by atoms with van der Waals surface area (Å²) in [6, 6.07) is 0.505. The topological polar surface area (TPSA) is 0 Å². The molecule has 3 radical (unpaired) electrons. The zero-order valence-corrected chi connectivity index (χ0v) is 4.51. The van der Waals surface area contributed by atoms with E-state index in [1.165, 1.54) is 0 Å². The molecule has 0 heterocycles. The molecule has 21 valence electrons. The Kier molecular flexibility index (Phi) is 2.07. The standard InChI is InChI=1S/C3H5Ge/c1-2-3-4/h2H,1,3H2/i2D. The summed E-state index contributed by atoms with van der Waals surface area (Å²) in [5.41, 5.74) is 0. The number of hydrogen-bond acceptors (Lipinski definition) is 0. The summed E-state index contributed by atoms with van der Waals surface area (Å²) in [7, 11) is 0. The zero-order valence-electron chi connectivity index (χ0n) is 3.41. The van der Waals surface area contributed by atoms with Crippen molar-refractivity contribution < 1.29 is 1.37 Å². The summed E-state index contributed by atoms with van der Waals surface area (Å²) in [6.07, 6.45) is 0. The number of rotatable bonds is 1. The van der Waals surface area contributed by atoms with E-state index >= 15 is 0 Å². The molecule has 0 rings (SSSR count). The summed E-state index contributed by atoms with van der Waals surface area (Å²) in [5.74, 6) is 0. The summed E-state index contributed by atoms with van der Waals surface area (Å²) >= 11 is 1.91. The first kappa shape index (κ1) is 2.52. The molecule has 1 heteroatoms. The molecule has 0 unspecified atom stereocenters. The molecule has 0 atom stereocenters. The molecule has 0 spiro atoms. The predicted molar refractivity (Wildman–Crippen MR) is 20.8 cm³/mol. The van der Waals surface area contributed by atoms with Crippen molar-refractivity contribution in [2.75, 3.05) is 0 Å². The van der Waals surface area contributed by atoms with Gasteiger partial charge in [0.15, 0.2) is 0 Å². The second-order valence-electron chi connectivity index (χ2n) is 0.427. The van der Waals surface area contributed by atoms with Crippen LogP contribution in [0.25, 0.3) is 0 Å². The average Bonchev–Trinajstić information content (AvgIpc) is 1.38. The Morgan fingerprint density at radius 3 is 2.75 bits per heavy atom. The van der Waals surface area contributed by atoms with Gasteiger partial charge >= 0.3 is 35.8 Å². The van der Waals surface area contributed by atoms with Gasteiger partial charge in [-0.2, -0.15) is 0 Å². The van der Waals surface area contributed by atoms with Crippen LogP contribution in [0.15, 0.2) is 12.6 Å². The Labute approximate surface area is 36.5 Å². The molecule has 0 aromatic carbocycles. The van der Waals surface area contributed by atoms with Crippen LogP contribution < -0.4 is 0 Å². The van der Waals surface area contributed by atoms with Crippen molar-refractivity contribution in [3.05, 3.63) is 12.6 Å². The fraction of sp³-hybridized carbons (Fsp3) is 0.333. The van der Waals surface area contributed by atoms with Gasteiger partial charge in [0, 0.05) is 0 Å². The fourth-order valence-electron chi connectivity index (χ4n) is 0. The van der Waals surface area contributed by atoms with Crippen molar-refractivity contribution >= 4 is 16.5 Å². The zero-order chi connectivity index (χ0) is 4.28. The maximum atomic E-state index is 6.63. The van der Waals surface area contributed by atoms with Gasteiger partial charge in [-0.05, 0) is 0 Å². The van der Waals surface area contributed by atoms with Crippen LogP contribution in [-0.4, -0.2) is 16.5 Å². The summed E-state index contributed by atoms with van der Waals surface area (Å²) in [5, 5.41) is 0.778. The minimum absolute atomic E-state index is 0.505. The maximum absolute atomic E-state index is 6.63. The molecule has 0 fully saturated rings. The summed E-state index contributed by atoms with van der Waals surface area (Å²) in [6.45, 7) is 3.34. The van der Waals surface area contributed by atoms with E-state index in [2.05, 4.69) is 6.58 Å². The Hall–Kier alpha value is 0.283. The summed E-state index contributed by atoms with van der Waals surface area (Å²) < 4.78 is 6.63. The molecule has 0 saturated carbocycles. The SMILES string of the molecule is [2H]C(=C)[CH2][Ge]. The van der Waals surface area contributed by atoms with Crippen molar-refractivity contribution in [3.63, 3.8) is 0 Å². The first-order valence-corrected chi connectivity index (χ1v) is 2.54. The first-order chi connectivity index (χ1) is 2.27. The van der Waals surface area contributed by atoms with Crippen molar-refractivity contribution in [1.82, 2.24) is 0 Å². The van der Waals surface area contributed by atoms with Crippen LogP contribution in [-0.2, 0) is 0 Å². The van der Waals surface area contributed by atoms with Gasteiger partial charge < -0.3 is 0 Å². The normalized spacial score (nSPS) is 9.75. The first-order valence-electron chi connectivity index (χ1n) is 1.56. The van der Waals surface area contributed by atoms with E-state index in [4.69, 9.17) is 1.37 Å². The second kappa shape index (κ2) is 3.28. The van der Waals surface area contributed by atoms with Gasteiger partial charge in [0.1, 0.15) is 0 Å². The molecule has 0 nitrogen and oxygen atoms in total. The van der Waals surface area contributed by atoms with Gasteiger partial charge in [-0.15, -0.1) is 0 Å². The molecular formula is C3H5Ge. The summed E-state index contributed by atoms with van der Waals surface area (Å²) in [4.78, 5) is 0. The Morgan fingerprint density at radius 1 is 2.50 bits per heavy atom. The third-order valence-electron chi connectivity index (χ3n) is 0.125. The van der Waals surface area contributed by atoms with E-state index in [0.717, 1.165) is 5.25 Å². The quantitative estimate of drug-likeness (QED) is 0.349. The van der Waals surface area contributed by atoms with E-state index in [1.54, 1.807) is 0 Å². The van der Waals surface area contributed by atoms with Gasteiger partial charge in [0.05, 0.1) is 0 Å². The van der Waals surface area contributed by atoms with Crippen molar-refractivity contribution in [3.8, 4) is 0 Å².